The Morgan fingerprint density at radius 3 is 2.51 bits per heavy atom. The van der Waals surface area contributed by atoms with E-state index in [4.69, 9.17) is 0 Å². The molecule has 0 radical (unpaired) electrons. The van der Waals surface area contributed by atoms with Crippen LogP contribution in [-0.4, -0.2) is 31.5 Å². The van der Waals surface area contributed by atoms with Crippen molar-refractivity contribution in [1.29, 1.82) is 0 Å². The molecule has 3 aromatic carbocycles. The van der Waals surface area contributed by atoms with Gasteiger partial charge in [0, 0.05) is 24.4 Å². The van der Waals surface area contributed by atoms with E-state index in [2.05, 4.69) is 20.8 Å². The molecule has 0 aliphatic carbocycles. The monoisotopic (exact) mass is 488 g/mol. The van der Waals surface area contributed by atoms with Crippen LogP contribution in [0.3, 0.4) is 0 Å². The van der Waals surface area contributed by atoms with E-state index >= 15 is 0 Å². The van der Waals surface area contributed by atoms with Gasteiger partial charge in [-0.3, -0.25) is 19.7 Å². The lowest BCUT2D eigenvalue weighted by atomic mass is 10.1. The largest absolute Gasteiger partial charge is 0.322 e. The number of aromatic nitrogens is 3. The van der Waals surface area contributed by atoms with Crippen LogP contribution >= 0.6 is 11.8 Å². The molecule has 4 rings (SSSR count). The van der Waals surface area contributed by atoms with E-state index in [1.807, 2.05) is 25.1 Å². The number of carbonyl (C=O) groups excluding carboxylic acids is 2. The van der Waals surface area contributed by atoms with Crippen LogP contribution in [0, 0.1) is 17.0 Å². The number of nitrogens with zero attached hydrogens (tertiary/aromatic N) is 4. The third-order valence-electron chi connectivity index (χ3n) is 4.98. The first-order valence-corrected chi connectivity index (χ1v) is 11.2. The summed E-state index contributed by atoms with van der Waals surface area (Å²) in [4.78, 5) is 37.3. The zero-order valence-corrected chi connectivity index (χ0v) is 19.6. The van der Waals surface area contributed by atoms with Gasteiger partial charge in [-0.1, -0.05) is 24.3 Å². The summed E-state index contributed by atoms with van der Waals surface area (Å²) in [5.74, 6) is -0.980. The van der Waals surface area contributed by atoms with Crippen LogP contribution in [-0.2, 0) is 7.05 Å². The van der Waals surface area contributed by atoms with Crippen molar-refractivity contribution in [1.82, 2.24) is 14.8 Å². The van der Waals surface area contributed by atoms with E-state index in [9.17, 15) is 19.7 Å². The summed E-state index contributed by atoms with van der Waals surface area (Å²) in [5.41, 5.74) is 1.99. The van der Waals surface area contributed by atoms with Crippen LogP contribution in [0.5, 0.6) is 0 Å². The number of rotatable bonds is 7. The van der Waals surface area contributed by atoms with Crippen molar-refractivity contribution in [2.45, 2.75) is 17.0 Å². The van der Waals surface area contributed by atoms with Crippen LogP contribution in [0.2, 0.25) is 0 Å². The highest BCUT2D eigenvalue weighted by Crippen LogP contribution is 2.34. The summed E-state index contributed by atoms with van der Waals surface area (Å²) < 4.78 is 1.63. The average Bonchev–Trinajstić information content (AvgIpc) is 3.23. The molecule has 0 bridgehead atoms. The fourth-order valence-corrected chi connectivity index (χ4v) is 4.11. The lowest BCUT2D eigenvalue weighted by molar-refractivity contribution is -0.387. The van der Waals surface area contributed by atoms with E-state index in [0.717, 1.165) is 17.3 Å². The Kier molecular flexibility index (Phi) is 6.88. The lowest BCUT2D eigenvalue weighted by Crippen LogP contribution is -2.18. The number of carbonyl (C=O) groups is 2. The highest BCUT2D eigenvalue weighted by atomic mass is 32.2. The minimum Gasteiger partial charge on any atom is -0.322 e. The third kappa shape index (κ3) is 5.53. The Balaban J connectivity index is 1.56. The third-order valence-corrected chi connectivity index (χ3v) is 6.10. The summed E-state index contributed by atoms with van der Waals surface area (Å²) in [6.45, 7) is 1.92. The van der Waals surface area contributed by atoms with E-state index in [1.165, 1.54) is 24.5 Å². The van der Waals surface area contributed by atoms with E-state index in [0.29, 0.717) is 15.7 Å². The number of anilines is 2. The smallest absolute Gasteiger partial charge is 0.284 e. The minimum atomic E-state index is -0.584. The summed E-state index contributed by atoms with van der Waals surface area (Å²) in [6.07, 6.45) is 1.49. The molecule has 0 aliphatic rings. The van der Waals surface area contributed by atoms with Gasteiger partial charge in [-0.25, -0.2) is 0 Å². The second kappa shape index (κ2) is 10.2. The van der Waals surface area contributed by atoms with Gasteiger partial charge in [0.1, 0.15) is 6.33 Å². The van der Waals surface area contributed by atoms with Crippen LogP contribution < -0.4 is 10.6 Å². The Hall–Kier alpha value is -4.51. The first-order chi connectivity index (χ1) is 16.8. The maximum Gasteiger partial charge on any atom is 0.284 e. The van der Waals surface area contributed by atoms with Crippen LogP contribution in [0.1, 0.15) is 26.3 Å². The van der Waals surface area contributed by atoms with Crippen molar-refractivity contribution in [2.75, 3.05) is 10.6 Å². The lowest BCUT2D eigenvalue weighted by Gasteiger charge is -2.12. The van der Waals surface area contributed by atoms with Crippen LogP contribution in [0.25, 0.3) is 0 Å². The van der Waals surface area contributed by atoms with Crippen molar-refractivity contribution in [3.8, 4) is 0 Å². The van der Waals surface area contributed by atoms with Crippen molar-refractivity contribution in [3.63, 3.8) is 0 Å². The Morgan fingerprint density at radius 2 is 1.80 bits per heavy atom. The van der Waals surface area contributed by atoms with Crippen LogP contribution in [0.4, 0.5) is 17.1 Å². The number of amides is 2. The molecule has 0 saturated heterocycles. The Bertz CT molecular complexity index is 1440. The number of nitrogens with one attached hydrogen (secondary N) is 2. The Morgan fingerprint density at radius 1 is 1.00 bits per heavy atom. The van der Waals surface area contributed by atoms with Gasteiger partial charge in [0.15, 0.2) is 5.16 Å². The Labute approximate surface area is 204 Å². The molecule has 10 nitrogen and oxygen atoms in total. The van der Waals surface area contributed by atoms with Gasteiger partial charge in [-0.05, 0) is 60.6 Å². The maximum atomic E-state index is 13.0. The molecule has 2 amide bonds. The number of nitro benzene ring substituents is 1. The van der Waals surface area contributed by atoms with Gasteiger partial charge >= 0.3 is 0 Å². The fraction of sp³-hybridized carbons (Fsp3) is 0.0833. The molecule has 35 heavy (non-hydrogen) atoms. The molecule has 176 valence electrons. The number of benzene rings is 3. The first kappa shape index (κ1) is 23.6. The highest BCUT2D eigenvalue weighted by Gasteiger charge is 2.21. The number of nitro groups is 1. The topological polar surface area (TPSA) is 132 Å². The van der Waals surface area contributed by atoms with Crippen molar-refractivity contribution in [2.24, 2.45) is 7.05 Å². The quantitative estimate of drug-likeness (QED) is 0.285. The van der Waals surface area contributed by atoms with Crippen molar-refractivity contribution < 1.29 is 14.5 Å². The molecule has 0 saturated carbocycles. The summed E-state index contributed by atoms with van der Waals surface area (Å²) >= 11 is 1.07. The number of para-hydroxylation sites is 1. The van der Waals surface area contributed by atoms with Gasteiger partial charge in [0.25, 0.3) is 17.5 Å². The number of hydrogen-bond acceptors (Lipinski definition) is 7. The zero-order chi connectivity index (χ0) is 24.9. The molecule has 1 heterocycles. The van der Waals surface area contributed by atoms with Crippen LogP contribution in [0.15, 0.2) is 83.1 Å². The second-order valence-electron chi connectivity index (χ2n) is 7.59. The molecule has 0 unspecified atom stereocenters. The minimum absolute atomic E-state index is 0.0768. The fourth-order valence-electron chi connectivity index (χ4n) is 3.26. The first-order valence-electron chi connectivity index (χ1n) is 10.4. The maximum absolute atomic E-state index is 13.0. The molecule has 4 aromatic rings. The molecule has 0 aliphatic heterocycles. The SMILES string of the molecule is Cc1cccc(NC(=O)c2ccccc2NC(=O)c2ccc(Sc3nncn3C)c([N+](=O)[O-])c2)c1. The summed E-state index contributed by atoms with van der Waals surface area (Å²) in [7, 11) is 1.72. The highest BCUT2D eigenvalue weighted by molar-refractivity contribution is 7.99. The molecule has 0 spiro atoms. The molecular weight excluding hydrogens is 468 g/mol. The van der Waals surface area contributed by atoms with E-state index in [1.54, 1.807) is 41.9 Å². The average molecular weight is 489 g/mol. The summed E-state index contributed by atoms with van der Waals surface area (Å²) in [6, 6.07) is 18.1. The normalized spacial score (nSPS) is 10.6. The van der Waals surface area contributed by atoms with Gasteiger partial charge < -0.3 is 15.2 Å². The number of aryl methyl sites for hydroxylation is 2. The molecule has 2 N–H and O–H groups in total. The standard InChI is InChI=1S/C24H20N6O4S/c1-15-6-5-7-17(12-15)26-23(32)18-8-3-4-9-19(18)27-22(31)16-10-11-21(20(13-16)30(33)34)35-24-28-25-14-29(24)2/h3-14H,1-2H3,(H,26,32)(H,27,31). The van der Waals surface area contributed by atoms with Crippen molar-refractivity contribution >= 4 is 40.6 Å². The van der Waals surface area contributed by atoms with E-state index in [-0.39, 0.29) is 22.5 Å². The summed E-state index contributed by atoms with van der Waals surface area (Å²) in [5, 5.41) is 25.3. The second-order valence-corrected chi connectivity index (χ2v) is 8.60. The number of hydrogen-bond donors (Lipinski definition) is 2. The van der Waals surface area contributed by atoms with Gasteiger partial charge in [0.2, 0.25) is 0 Å². The molecule has 1 aromatic heterocycles. The van der Waals surface area contributed by atoms with Gasteiger partial charge in [0.05, 0.1) is 21.1 Å². The molecule has 0 atom stereocenters. The predicted molar refractivity (Wildman–Crippen MR) is 132 cm³/mol. The van der Waals surface area contributed by atoms with Crippen molar-refractivity contribution in [3.05, 3.63) is 99.9 Å². The molecular formula is C24H20N6O4S. The zero-order valence-electron chi connectivity index (χ0n) is 18.8. The van der Waals surface area contributed by atoms with E-state index < -0.39 is 16.7 Å². The van der Waals surface area contributed by atoms with Gasteiger partial charge in [-0.15, -0.1) is 10.2 Å². The molecule has 0 fully saturated rings. The predicted octanol–water partition coefficient (Wildman–Crippen LogP) is 4.69. The molecule has 11 heteroatoms. The van der Waals surface area contributed by atoms with Gasteiger partial charge in [-0.2, -0.15) is 0 Å².